The summed E-state index contributed by atoms with van der Waals surface area (Å²) in [6.45, 7) is 4.11. The standard InChI is InChI=1S/C16H19N3O4S/c1-9(2)10-3-4-13-12(7-10)14(16(21)17-13)18-19-15(20)11-5-6-24(22,23)8-11/h3-4,7,9,11,17,21H,5-6,8H2,1-2H3/t11-/m1/s1. The SMILES string of the molecule is CC(C)c1ccc2[nH]c(O)c(N=NC(=O)[C@@H]3CCS(=O)(=O)C3)c2c1. The van der Waals surface area contributed by atoms with Gasteiger partial charge in [0.1, 0.15) is 0 Å². The van der Waals surface area contributed by atoms with Gasteiger partial charge in [-0.05, 0) is 30.0 Å². The number of sulfone groups is 1. The molecule has 2 N–H and O–H groups in total. The lowest BCUT2D eigenvalue weighted by Crippen LogP contribution is -2.13. The van der Waals surface area contributed by atoms with Crippen molar-refractivity contribution in [3.05, 3.63) is 23.8 Å². The number of rotatable bonds is 3. The molecule has 1 aromatic heterocycles. The van der Waals surface area contributed by atoms with Crippen LogP contribution in [-0.4, -0.2) is 35.9 Å². The summed E-state index contributed by atoms with van der Waals surface area (Å²) in [5.74, 6) is -1.23. The minimum atomic E-state index is -3.15. The molecule has 1 aliphatic rings. The maximum Gasteiger partial charge on any atom is 0.268 e. The molecule has 1 fully saturated rings. The molecule has 8 heteroatoms. The smallest absolute Gasteiger partial charge is 0.268 e. The molecule has 0 saturated carbocycles. The van der Waals surface area contributed by atoms with Crippen LogP contribution in [0.5, 0.6) is 5.88 Å². The van der Waals surface area contributed by atoms with E-state index >= 15 is 0 Å². The van der Waals surface area contributed by atoms with Gasteiger partial charge in [0, 0.05) is 5.39 Å². The zero-order valence-corrected chi connectivity index (χ0v) is 14.3. The number of nitrogens with one attached hydrogen (secondary N) is 1. The Morgan fingerprint density at radius 3 is 2.75 bits per heavy atom. The monoisotopic (exact) mass is 349 g/mol. The lowest BCUT2D eigenvalue weighted by atomic mass is 10.0. The molecule has 0 aliphatic carbocycles. The van der Waals surface area contributed by atoms with Gasteiger partial charge in [0.05, 0.1) is 22.9 Å². The second kappa shape index (κ2) is 6.01. The number of aromatic hydroxyl groups is 1. The van der Waals surface area contributed by atoms with Crippen molar-refractivity contribution in [3.8, 4) is 5.88 Å². The fourth-order valence-electron chi connectivity index (χ4n) is 2.81. The van der Waals surface area contributed by atoms with Crippen LogP contribution in [-0.2, 0) is 14.6 Å². The molecule has 2 heterocycles. The lowest BCUT2D eigenvalue weighted by Gasteiger charge is -2.04. The molecular formula is C16H19N3O4S. The number of carbonyl (C=O) groups excluding carboxylic acids is 1. The molecule has 24 heavy (non-hydrogen) atoms. The van der Waals surface area contributed by atoms with Gasteiger partial charge in [0.25, 0.3) is 5.91 Å². The summed E-state index contributed by atoms with van der Waals surface area (Å²) in [4.78, 5) is 14.8. The largest absolute Gasteiger partial charge is 0.493 e. The number of hydrogen-bond acceptors (Lipinski definition) is 5. The van der Waals surface area contributed by atoms with Crippen molar-refractivity contribution in [1.82, 2.24) is 4.98 Å². The van der Waals surface area contributed by atoms with E-state index in [9.17, 15) is 18.3 Å². The van der Waals surface area contributed by atoms with Crippen LogP contribution in [0.3, 0.4) is 0 Å². The summed E-state index contributed by atoms with van der Waals surface area (Å²) in [6.07, 6.45) is 0.275. The van der Waals surface area contributed by atoms with Crippen molar-refractivity contribution >= 4 is 32.3 Å². The van der Waals surface area contributed by atoms with Gasteiger partial charge >= 0.3 is 0 Å². The zero-order chi connectivity index (χ0) is 17.5. The highest BCUT2D eigenvalue weighted by atomic mass is 32.2. The Morgan fingerprint density at radius 1 is 1.38 bits per heavy atom. The van der Waals surface area contributed by atoms with Crippen molar-refractivity contribution in [3.63, 3.8) is 0 Å². The number of hydrogen-bond donors (Lipinski definition) is 2. The maximum absolute atomic E-state index is 12.0. The highest BCUT2D eigenvalue weighted by Gasteiger charge is 2.33. The fraction of sp³-hybridized carbons (Fsp3) is 0.438. The second-order valence-electron chi connectivity index (χ2n) is 6.42. The number of aromatic nitrogens is 1. The van der Waals surface area contributed by atoms with Crippen molar-refractivity contribution in [1.29, 1.82) is 0 Å². The Labute approximate surface area is 139 Å². The highest BCUT2D eigenvalue weighted by molar-refractivity contribution is 7.91. The number of nitrogens with zero attached hydrogens (tertiary/aromatic N) is 2. The quantitative estimate of drug-likeness (QED) is 0.829. The topological polar surface area (TPSA) is 112 Å². The molecule has 7 nitrogen and oxygen atoms in total. The van der Waals surface area contributed by atoms with Crippen LogP contribution in [0.1, 0.15) is 31.7 Å². The molecule has 1 aliphatic heterocycles. The van der Waals surface area contributed by atoms with Gasteiger partial charge in [0.2, 0.25) is 5.88 Å². The zero-order valence-electron chi connectivity index (χ0n) is 13.5. The Balaban J connectivity index is 1.90. The van der Waals surface area contributed by atoms with Gasteiger partial charge in [0.15, 0.2) is 15.5 Å². The lowest BCUT2D eigenvalue weighted by molar-refractivity contribution is -0.121. The third-order valence-corrected chi connectivity index (χ3v) is 6.04. The van der Waals surface area contributed by atoms with E-state index in [0.29, 0.717) is 16.8 Å². The van der Waals surface area contributed by atoms with Crippen molar-refractivity contribution in [2.75, 3.05) is 11.5 Å². The van der Waals surface area contributed by atoms with Gasteiger partial charge in [-0.1, -0.05) is 19.9 Å². The third kappa shape index (κ3) is 3.19. The van der Waals surface area contributed by atoms with Crippen molar-refractivity contribution in [2.45, 2.75) is 26.2 Å². The summed E-state index contributed by atoms with van der Waals surface area (Å²) >= 11 is 0. The Kier molecular flexibility index (Phi) is 4.16. The summed E-state index contributed by atoms with van der Waals surface area (Å²) in [5.41, 5.74) is 1.97. The molecule has 3 rings (SSSR count). The fourth-order valence-corrected chi connectivity index (χ4v) is 4.54. The van der Waals surface area contributed by atoms with E-state index in [-0.39, 0.29) is 29.5 Å². The van der Waals surface area contributed by atoms with E-state index in [1.807, 2.05) is 18.2 Å². The first-order valence-corrected chi connectivity index (χ1v) is 9.59. The van der Waals surface area contributed by atoms with Crippen LogP contribution in [0, 0.1) is 5.92 Å². The van der Waals surface area contributed by atoms with Crippen LogP contribution >= 0.6 is 0 Å². The van der Waals surface area contributed by atoms with Gasteiger partial charge in [-0.2, -0.15) is 0 Å². The molecule has 1 saturated heterocycles. The van der Waals surface area contributed by atoms with Crippen LogP contribution < -0.4 is 0 Å². The number of azo groups is 1. The van der Waals surface area contributed by atoms with E-state index in [1.54, 1.807) is 0 Å². The predicted molar refractivity (Wildman–Crippen MR) is 90.3 cm³/mol. The molecular weight excluding hydrogens is 330 g/mol. The van der Waals surface area contributed by atoms with Crippen LogP contribution in [0.15, 0.2) is 28.4 Å². The second-order valence-corrected chi connectivity index (χ2v) is 8.65. The van der Waals surface area contributed by atoms with Gasteiger partial charge in [-0.25, -0.2) is 8.42 Å². The molecule has 1 amide bonds. The number of benzene rings is 1. The third-order valence-electron chi connectivity index (χ3n) is 4.27. The summed E-state index contributed by atoms with van der Waals surface area (Å²) in [7, 11) is -3.15. The average molecular weight is 349 g/mol. The number of aromatic amines is 1. The Hall–Kier alpha value is -2.22. The number of amides is 1. The first-order valence-electron chi connectivity index (χ1n) is 7.77. The normalized spacial score (nSPS) is 20.4. The van der Waals surface area contributed by atoms with Gasteiger partial charge in [-0.15, -0.1) is 10.2 Å². The first kappa shape index (κ1) is 16.6. The molecule has 0 unspecified atom stereocenters. The molecule has 2 aromatic rings. The minimum Gasteiger partial charge on any atom is -0.493 e. The predicted octanol–water partition coefficient (Wildman–Crippen LogP) is 3.04. The van der Waals surface area contributed by atoms with Crippen LogP contribution in [0.2, 0.25) is 0 Å². The van der Waals surface area contributed by atoms with E-state index in [2.05, 4.69) is 29.1 Å². The molecule has 1 aromatic carbocycles. The maximum atomic E-state index is 12.0. The number of carbonyl (C=O) groups is 1. The summed E-state index contributed by atoms with van der Waals surface area (Å²) in [6, 6.07) is 5.70. The Morgan fingerprint density at radius 2 is 2.12 bits per heavy atom. The highest BCUT2D eigenvalue weighted by Crippen LogP contribution is 2.37. The van der Waals surface area contributed by atoms with Crippen LogP contribution in [0.4, 0.5) is 5.69 Å². The van der Waals surface area contributed by atoms with E-state index < -0.39 is 21.7 Å². The minimum absolute atomic E-state index is 0.00894. The van der Waals surface area contributed by atoms with Crippen molar-refractivity contribution in [2.24, 2.45) is 16.1 Å². The first-order chi connectivity index (χ1) is 11.3. The molecule has 0 radical (unpaired) electrons. The summed E-state index contributed by atoms with van der Waals surface area (Å²) < 4.78 is 22.9. The van der Waals surface area contributed by atoms with Crippen molar-refractivity contribution < 1.29 is 18.3 Å². The summed E-state index contributed by atoms with van der Waals surface area (Å²) in [5, 5.41) is 18.2. The van der Waals surface area contributed by atoms with Crippen LogP contribution in [0.25, 0.3) is 10.9 Å². The Bertz CT molecular complexity index is 928. The molecule has 0 bridgehead atoms. The van der Waals surface area contributed by atoms with E-state index in [1.165, 1.54) is 0 Å². The molecule has 0 spiro atoms. The average Bonchev–Trinajstić information content (AvgIpc) is 3.03. The molecule has 128 valence electrons. The number of H-pyrrole nitrogens is 1. The van der Waals surface area contributed by atoms with E-state index in [4.69, 9.17) is 0 Å². The van der Waals surface area contributed by atoms with Gasteiger partial charge < -0.3 is 10.1 Å². The van der Waals surface area contributed by atoms with E-state index in [0.717, 1.165) is 5.56 Å². The van der Waals surface area contributed by atoms with Gasteiger partial charge in [-0.3, -0.25) is 4.79 Å². The number of fused-ring (bicyclic) bond motifs is 1. The molecule has 1 atom stereocenters.